The summed E-state index contributed by atoms with van der Waals surface area (Å²) in [6.45, 7) is 1.28. The zero-order valence-corrected chi connectivity index (χ0v) is 16.1. The molecule has 2 aromatic rings. The first kappa shape index (κ1) is 20.9. The molecule has 0 aromatic heterocycles. The number of hydrogen-bond donors (Lipinski definition) is 1. The lowest BCUT2D eigenvalue weighted by Gasteiger charge is -2.36. The average molecular weight is 401 g/mol. The second-order valence-electron chi connectivity index (χ2n) is 7.10. The summed E-state index contributed by atoms with van der Waals surface area (Å²) in [7, 11) is 0. The van der Waals surface area contributed by atoms with E-state index in [1.165, 1.54) is 0 Å². The van der Waals surface area contributed by atoms with E-state index in [1.54, 1.807) is 34.1 Å². The highest BCUT2D eigenvalue weighted by atomic mass is 19.3. The third-order valence-electron chi connectivity index (χ3n) is 5.00. The highest BCUT2D eigenvalue weighted by molar-refractivity contribution is 5.97. The monoisotopic (exact) mass is 401 g/mol. The third-order valence-corrected chi connectivity index (χ3v) is 5.00. The third kappa shape index (κ3) is 6.09. The van der Waals surface area contributed by atoms with Gasteiger partial charge in [0, 0.05) is 38.2 Å². The van der Waals surface area contributed by atoms with Gasteiger partial charge in [0.1, 0.15) is 6.04 Å². The van der Waals surface area contributed by atoms with Crippen molar-refractivity contribution in [3.63, 3.8) is 0 Å². The Bertz CT molecular complexity index is 794. The van der Waals surface area contributed by atoms with E-state index in [4.69, 9.17) is 0 Å². The summed E-state index contributed by atoms with van der Waals surface area (Å²) in [5, 5.41) is 2.86. The summed E-state index contributed by atoms with van der Waals surface area (Å²) in [5.74, 6) is -0.494. The Hall–Kier alpha value is -2.80. The fourth-order valence-electron chi connectivity index (χ4n) is 3.45. The van der Waals surface area contributed by atoms with Crippen LogP contribution in [-0.4, -0.2) is 66.8 Å². The number of benzene rings is 2. The highest BCUT2D eigenvalue weighted by Crippen LogP contribution is 2.11. The van der Waals surface area contributed by atoms with Gasteiger partial charge in [-0.05, 0) is 17.7 Å². The van der Waals surface area contributed by atoms with Crippen molar-refractivity contribution in [2.75, 3.05) is 32.7 Å². The minimum Gasteiger partial charge on any atom is -0.340 e. The molecule has 0 bridgehead atoms. The molecular weight excluding hydrogens is 376 g/mol. The molecule has 29 heavy (non-hydrogen) atoms. The van der Waals surface area contributed by atoms with Crippen LogP contribution in [0.1, 0.15) is 15.9 Å². The lowest BCUT2D eigenvalue weighted by molar-refractivity contribution is -0.135. The minimum atomic E-state index is -2.38. The smallest absolute Gasteiger partial charge is 0.251 e. The lowest BCUT2D eigenvalue weighted by atomic mass is 10.0. The molecule has 0 radical (unpaired) electrons. The average Bonchev–Trinajstić information content (AvgIpc) is 2.74. The maximum absolute atomic E-state index is 13.1. The van der Waals surface area contributed by atoms with Crippen molar-refractivity contribution in [3.05, 3.63) is 71.8 Å². The summed E-state index contributed by atoms with van der Waals surface area (Å²) in [4.78, 5) is 29.1. The molecule has 0 saturated carbocycles. The van der Waals surface area contributed by atoms with E-state index in [2.05, 4.69) is 5.32 Å². The number of piperazine rings is 1. The van der Waals surface area contributed by atoms with Crippen LogP contribution in [0, 0.1) is 0 Å². The fraction of sp³-hybridized carbons (Fsp3) is 0.364. The van der Waals surface area contributed by atoms with Gasteiger partial charge in [-0.2, -0.15) is 0 Å². The lowest BCUT2D eigenvalue weighted by Crippen LogP contribution is -2.56. The van der Waals surface area contributed by atoms with Gasteiger partial charge in [0.25, 0.3) is 12.3 Å². The summed E-state index contributed by atoms with van der Waals surface area (Å²) in [6, 6.07) is 17.5. The molecular formula is C22H25F2N3O2. The second kappa shape index (κ2) is 10.1. The molecule has 1 atom stereocenters. The van der Waals surface area contributed by atoms with Crippen LogP contribution in [-0.2, 0) is 11.2 Å². The largest absolute Gasteiger partial charge is 0.340 e. The Balaban J connectivity index is 1.69. The zero-order chi connectivity index (χ0) is 20.6. The van der Waals surface area contributed by atoms with Crippen LogP contribution >= 0.6 is 0 Å². The molecule has 1 fully saturated rings. The Kier molecular flexibility index (Phi) is 7.30. The number of amides is 2. The molecule has 0 spiro atoms. The quantitative estimate of drug-likeness (QED) is 0.776. The number of alkyl halides is 2. The van der Waals surface area contributed by atoms with E-state index >= 15 is 0 Å². The molecule has 2 amide bonds. The van der Waals surface area contributed by atoms with Crippen molar-refractivity contribution in [2.45, 2.75) is 18.9 Å². The van der Waals surface area contributed by atoms with Crippen molar-refractivity contribution in [3.8, 4) is 0 Å². The second-order valence-corrected chi connectivity index (χ2v) is 7.10. The Morgan fingerprint density at radius 1 is 0.897 bits per heavy atom. The van der Waals surface area contributed by atoms with Gasteiger partial charge in [-0.1, -0.05) is 48.5 Å². The Morgan fingerprint density at radius 3 is 2.07 bits per heavy atom. The van der Waals surface area contributed by atoms with Gasteiger partial charge in [0.2, 0.25) is 5.91 Å². The van der Waals surface area contributed by atoms with Crippen LogP contribution in [0.5, 0.6) is 0 Å². The van der Waals surface area contributed by atoms with E-state index < -0.39 is 12.5 Å². The van der Waals surface area contributed by atoms with Crippen LogP contribution in [0.25, 0.3) is 0 Å². The summed E-state index contributed by atoms with van der Waals surface area (Å²) in [6.07, 6.45) is -2.01. The highest BCUT2D eigenvalue weighted by Gasteiger charge is 2.29. The van der Waals surface area contributed by atoms with Crippen molar-refractivity contribution in [1.29, 1.82) is 0 Å². The molecule has 0 aliphatic carbocycles. The number of carbonyl (C=O) groups is 2. The predicted molar refractivity (Wildman–Crippen MR) is 107 cm³/mol. The molecule has 2 aromatic carbocycles. The van der Waals surface area contributed by atoms with E-state index in [0.717, 1.165) is 5.56 Å². The topological polar surface area (TPSA) is 52.7 Å². The van der Waals surface area contributed by atoms with Crippen molar-refractivity contribution in [1.82, 2.24) is 15.1 Å². The van der Waals surface area contributed by atoms with Crippen LogP contribution in [0.2, 0.25) is 0 Å². The van der Waals surface area contributed by atoms with Gasteiger partial charge in [0.15, 0.2) is 0 Å². The molecule has 1 N–H and O–H groups in total. The van der Waals surface area contributed by atoms with E-state index in [9.17, 15) is 18.4 Å². The fourth-order valence-corrected chi connectivity index (χ4v) is 3.45. The van der Waals surface area contributed by atoms with Gasteiger partial charge in [-0.25, -0.2) is 8.78 Å². The number of carbonyl (C=O) groups excluding carboxylic acids is 2. The van der Waals surface area contributed by atoms with Gasteiger partial charge in [0.05, 0.1) is 6.54 Å². The number of hydrogen-bond acceptors (Lipinski definition) is 3. The van der Waals surface area contributed by atoms with Crippen molar-refractivity contribution in [2.24, 2.45) is 0 Å². The summed E-state index contributed by atoms with van der Waals surface area (Å²) in [5.41, 5.74) is 1.43. The van der Waals surface area contributed by atoms with Crippen molar-refractivity contribution >= 4 is 11.8 Å². The normalized spacial score (nSPS) is 15.9. The van der Waals surface area contributed by atoms with E-state index in [0.29, 0.717) is 38.2 Å². The van der Waals surface area contributed by atoms with E-state index in [-0.39, 0.29) is 18.4 Å². The van der Waals surface area contributed by atoms with Crippen molar-refractivity contribution < 1.29 is 18.4 Å². The predicted octanol–water partition coefficient (Wildman–Crippen LogP) is 2.44. The van der Waals surface area contributed by atoms with Gasteiger partial charge in [-0.15, -0.1) is 0 Å². The standard InChI is InChI=1S/C22H25F2N3O2/c23-20(24)16-26-11-13-27(14-12-26)22(29)19(15-17-7-3-1-4-8-17)25-21(28)18-9-5-2-6-10-18/h1-10,19-20H,11-16H2,(H,25,28). The molecule has 154 valence electrons. The first-order valence-corrected chi connectivity index (χ1v) is 9.72. The van der Waals surface area contributed by atoms with Crippen LogP contribution < -0.4 is 5.32 Å². The number of halogens is 2. The van der Waals surface area contributed by atoms with Crippen LogP contribution in [0.15, 0.2) is 60.7 Å². The Labute approximate surface area is 169 Å². The minimum absolute atomic E-state index is 0.185. The molecule has 1 aliphatic rings. The molecule has 1 saturated heterocycles. The van der Waals surface area contributed by atoms with Crippen LogP contribution in [0.3, 0.4) is 0 Å². The number of nitrogens with one attached hydrogen (secondary N) is 1. The van der Waals surface area contributed by atoms with Crippen LogP contribution in [0.4, 0.5) is 8.78 Å². The zero-order valence-electron chi connectivity index (χ0n) is 16.1. The maximum Gasteiger partial charge on any atom is 0.251 e. The first-order chi connectivity index (χ1) is 14.0. The molecule has 7 heteroatoms. The Morgan fingerprint density at radius 2 is 1.48 bits per heavy atom. The molecule has 1 unspecified atom stereocenters. The van der Waals surface area contributed by atoms with Gasteiger partial charge in [-0.3, -0.25) is 14.5 Å². The number of rotatable bonds is 7. The summed E-state index contributed by atoms with van der Waals surface area (Å²) >= 11 is 0. The first-order valence-electron chi connectivity index (χ1n) is 9.72. The van der Waals surface area contributed by atoms with Gasteiger partial charge >= 0.3 is 0 Å². The molecule has 1 aliphatic heterocycles. The molecule has 1 heterocycles. The molecule has 3 rings (SSSR count). The van der Waals surface area contributed by atoms with Gasteiger partial charge < -0.3 is 10.2 Å². The molecule has 5 nitrogen and oxygen atoms in total. The SMILES string of the molecule is O=C(NC(Cc1ccccc1)C(=O)N1CCN(CC(F)F)CC1)c1ccccc1. The summed E-state index contributed by atoms with van der Waals surface area (Å²) < 4.78 is 25.2. The number of nitrogens with zero attached hydrogens (tertiary/aromatic N) is 2. The maximum atomic E-state index is 13.1. The van der Waals surface area contributed by atoms with E-state index in [1.807, 2.05) is 36.4 Å².